The van der Waals surface area contributed by atoms with Crippen molar-refractivity contribution in [1.29, 1.82) is 0 Å². The topological polar surface area (TPSA) is 12.0 Å². The van der Waals surface area contributed by atoms with E-state index in [0.29, 0.717) is 16.7 Å². The zero-order valence-corrected chi connectivity index (χ0v) is 14.6. The van der Waals surface area contributed by atoms with Crippen LogP contribution in [0.5, 0.6) is 0 Å². The van der Waals surface area contributed by atoms with Crippen LogP contribution in [0.1, 0.15) is 52.6 Å². The molecule has 0 amide bonds. The predicted octanol–water partition coefficient (Wildman–Crippen LogP) is 5.72. The summed E-state index contributed by atoms with van der Waals surface area (Å²) in [5.74, 6) is 0.567. The van der Waals surface area contributed by atoms with Gasteiger partial charge in [-0.15, -0.1) is 0 Å². The molecule has 20 heavy (non-hydrogen) atoms. The highest BCUT2D eigenvalue weighted by Gasteiger charge is 2.67. The Bertz CT molecular complexity index is 480. The Morgan fingerprint density at radius 1 is 1.15 bits per heavy atom. The Balaban J connectivity index is 2.37. The highest BCUT2D eigenvalue weighted by atomic mass is 35.5. The van der Waals surface area contributed by atoms with Gasteiger partial charge in [0.05, 0.1) is 0 Å². The molecule has 1 atom stereocenters. The molecule has 1 aliphatic carbocycles. The van der Waals surface area contributed by atoms with Gasteiger partial charge in [-0.3, -0.25) is 0 Å². The van der Waals surface area contributed by atoms with Crippen LogP contribution in [-0.2, 0) is 0 Å². The molecular weight excluding hydrogens is 289 g/mol. The predicted molar refractivity (Wildman–Crippen MR) is 88.5 cm³/mol. The summed E-state index contributed by atoms with van der Waals surface area (Å²) in [4.78, 5) is 0. The minimum Gasteiger partial charge on any atom is -0.310 e. The van der Waals surface area contributed by atoms with Crippen LogP contribution in [-0.4, -0.2) is 6.54 Å². The van der Waals surface area contributed by atoms with E-state index in [9.17, 15) is 0 Å². The van der Waals surface area contributed by atoms with Crippen molar-refractivity contribution in [3.05, 3.63) is 33.8 Å². The van der Waals surface area contributed by atoms with E-state index < -0.39 is 0 Å². The largest absolute Gasteiger partial charge is 0.310 e. The maximum atomic E-state index is 6.43. The fourth-order valence-corrected chi connectivity index (χ4v) is 3.96. The van der Waals surface area contributed by atoms with Gasteiger partial charge in [-0.2, -0.15) is 0 Å². The first kappa shape index (κ1) is 16.1. The molecule has 1 saturated carbocycles. The van der Waals surface area contributed by atoms with Gasteiger partial charge in [-0.25, -0.2) is 0 Å². The van der Waals surface area contributed by atoms with Gasteiger partial charge < -0.3 is 5.32 Å². The Kier molecular flexibility index (Phi) is 4.45. The van der Waals surface area contributed by atoms with Crippen LogP contribution >= 0.6 is 23.2 Å². The van der Waals surface area contributed by atoms with E-state index in [1.54, 1.807) is 0 Å². The monoisotopic (exact) mass is 313 g/mol. The van der Waals surface area contributed by atoms with Gasteiger partial charge in [0.1, 0.15) is 0 Å². The van der Waals surface area contributed by atoms with Crippen molar-refractivity contribution in [3.63, 3.8) is 0 Å². The van der Waals surface area contributed by atoms with Gasteiger partial charge in [-0.05, 0) is 53.5 Å². The lowest BCUT2D eigenvalue weighted by atomic mass is 9.96. The number of halogens is 2. The van der Waals surface area contributed by atoms with Crippen molar-refractivity contribution in [3.8, 4) is 0 Å². The zero-order valence-electron chi connectivity index (χ0n) is 13.1. The summed E-state index contributed by atoms with van der Waals surface area (Å²) in [6.45, 7) is 12.6. The van der Waals surface area contributed by atoms with Crippen molar-refractivity contribution in [2.45, 2.75) is 47.1 Å². The lowest BCUT2D eigenvalue weighted by Gasteiger charge is -2.23. The van der Waals surface area contributed by atoms with Crippen molar-refractivity contribution < 1.29 is 0 Å². The minimum atomic E-state index is 0.270. The third-order valence-corrected chi connectivity index (χ3v) is 5.95. The van der Waals surface area contributed by atoms with Crippen LogP contribution in [0.15, 0.2) is 18.2 Å². The molecule has 0 aliphatic heterocycles. The summed E-state index contributed by atoms with van der Waals surface area (Å²) in [5.41, 5.74) is 1.75. The van der Waals surface area contributed by atoms with Crippen LogP contribution in [0.25, 0.3) is 0 Å². The molecule has 1 aromatic rings. The Morgan fingerprint density at radius 3 is 2.25 bits per heavy atom. The highest BCUT2D eigenvalue weighted by Crippen LogP contribution is 2.72. The second-order valence-corrected chi connectivity index (χ2v) is 7.86. The molecule has 1 unspecified atom stereocenters. The highest BCUT2D eigenvalue weighted by molar-refractivity contribution is 6.33. The number of hydrogen-bond acceptors (Lipinski definition) is 1. The first-order valence-electron chi connectivity index (χ1n) is 7.41. The van der Waals surface area contributed by atoms with E-state index in [0.717, 1.165) is 28.6 Å². The van der Waals surface area contributed by atoms with Crippen molar-refractivity contribution in [2.75, 3.05) is 6.54 Å². The minimum absolute atomic E-state index is 0.270. The summed E-state index contributed by atoms with van der Waals surface area (Å²) in [6, 6.07) is 6.04. The molecule has 0 saturated heterocycles. The molecule has 1 aromatic carbocycles. The Labute approximate surface area is 133 Å². The van der Waals surface area contributed by atoms with Crippen LogP contribution < -0.4 is 5.32 Å². The van der Waals surface area contributed by atoms with Crippen LogP contribution in [0, 0.1) is 16.7 Å². The van der Waals surface area contributed by atoms with Gasteiger partial charge in [0.15, 0.2) is 0 Å². The molecule has 0 radical (unpaired) electrons. The first-order valence-corrected chi connectivity index (χ1v) is 8.17. The Hall–Kier alpha value is -0.240. The first-order chi connectivity index (χ1) is 9.23. The van der Waals surface area contributed by atoms with E-state index in [1.807, 2.05) is 18.2 Å². The van der Waals surface area contributed by atoms with Gasteiger partial charge in [0.2, 0.25) is 0 Å². The number of benzene rings is 1. The molecule has 2 rings (SSSR count). The van der Waals surface area contributed by atoms with Crippen molar-refractivity contribution in [1.82, 2.24) is 5.32 Å². The smallest absolute Gasteiger partial charge is 0.0454 e. The van der Waals surface area contributed by atoms with E-state index in [-0.39, 0.29) is 6.04 Å². The van der Waals surface area contributed by atoms with Gasteiger partial charge in [-0.1, -0.05) is 57.8 Å². The second-order valence-electron chi connectivity index (χ2n) is 7.02. The average molecular weight is 314 g/mol. The van der Waals surface area contributed by atoms with E-state index in [4.69, 9.17) is 23.2 Å². The summed E-state index contributed by atoms with van der Waals surface area (Å²) >= 11 is 12.6. The molecule has 1 aliphatic rings. The molecule has 1 fully saturated rings. The van der Waals surface area contributed by atoms with E-state index >= 15 is 0 Å². The summed E-state index contributed by atoms with van der Waals surface area (Å²) in [7, 11) is 0. The second kappa shape index (κ2) is 5.51. The summed E-state index contributed by atoms with van der Waals surface area (Å²) in [6.07, 6.45) is 1.11. The average Bonchev–Trinajstić information content (AvgIpc) is 2.76. The number of hydrogen-bond donors (Lipinski definition) is 1. The standard InChI is InChI=1S/C17H25Cl2N/c1-6-9-20-14(15-16(2,3)17(15,4)5)12-10-11(18)7-8-13(12)19/h7-8,10,14-15,20H,6,9H2,1-5H3. The molecule has 112 valence electrons. The fraction of sp³-hybridized carbons (Fsp3) is 0.647. The SMILES string of the molecule is CCCNC(c1cc(Cl)ccc1Cl)C1C(C)(C)C1(C)C. The number of rotatable bonds is 5. The molecular formula is C17H25Cl2N. The molecule has 1 N–H and O–H groups in total. The molecule has 1 nitrogen and oxygen atoms in total. The van der Waals surface area contributed by atoms with Gasteiger partial charge in [0.25, 0.3) is 0 Å². The molecule has 0 heterocycles. The fourth-order valence-electron chi connectivity index (χ4n) is 3.54. The third-order valence-electron chi connectivity index (χ3n) is 5.37. The summed E-state index contributed by atoms with van der Waals surface area (Å²) < 4.78 is 0. The maximum Gasteiger partial charge on any atom is 0.0454 e. The number of nitrogens with one attached hydrogen (secondary N) is 1. The lowest BCUT2D eigenvalue weighted by Crippen LogP contribution is -2.26. The normalized spacial score (nSPS) is 21.8. The van der Waals surface area contributed by atoms with Crippen LogP contribution in [0.3, 0.4) is 0 Å². The summed E-state index contributed by atoms with van der Waals surface area (Å²) in [5, 5.41) is 5.24. The Morgan fingerprint density at radius 2 is 1.75 bits per heavy atom. The molecule has 3 heteroatoms. The van der Waals surface area contributed by atoms with Gasteiger partial charge in [0, 0.05) is 16.1 Å². The third kappa shape index (κ3) is 2.61. The molecule has 0 bridgehead atoms. The van der Waals surface area contributed by atoms with E-state index in [2.05, 4.69) is 39.9 Å². The zero-order chi connectivity index (χ0) is 15.1. The van der Waals surface area contributed by atoms with Crippen LogP contribution in [0.2, 0.25) is 10.0 Å². The molecule has 0 spiro atoms. The lowest BCUT2D eigenvalue weighted by molar-refractivity contribution is 0.410. The van der Waals surface area contributed by atoms with Crippen LogP contribution in [0.4, 0.5) is 0 Å². The van der Waals surface area contributed by atoms with E-state index in [1.165, 1.54) is 0 Å². The van der Waals surface area contributed by atoms with Crippen molar-refractivity contribution in [2.24, 2.45) is 16.7 Å². The maximum absolute atomic E-state index is 6.43. The molecule has 0 aromatic heterocycles. The van der Waals surface area contributed by atoms with Crippen molar-refractivity contribution >= 4 is 23.2 Å². The van der Waals surface area contributed by atoms with Gasteiger partial charge >= 0.3 is 0 Å². The quantitative estimate of drug-likeness (QED) is 0.733.